The first-order valence-corrected chi connectivity index (χ1v) is 14.0. The number of aromatic nitrogens is 3. The third kappa shape index (κ3) is 6.83. The fourth-order valence-electron chi connectivity index (χ4n) is 4.34. The molecule has 0 spiro atoms. The standard InChI is InChI=1S/C29H24F4N6O4S/c1-16(2)21-9-8-19(42-3)13-24(21)39-25(40)14-44-28(39)36-27(41)35-23-10-7-17(11-22(23)30)26-34-15-38(37-26)18-5-4-6-20(12-18)43-29(31,32)33/h4-13,15-16H,14H2,1-3H3,(H,35,41). The minimum Gasteiger partial charge on any atom is -0.497 e. The lowest BCUT2D eigenvalue weighted by atomic mass is 10.00. The number of hydrogen-bond donors (Lipinski definition) is 1. The smallest absolute Gasteiger partial charge is 0.497 e. The first kappa shape index (κ1) is 30.5. The average Bonchev–Trinajstić information content (AvgIpc) is 3.60. The number of urea groups is 1. The Morgan fingerprint density at radius 1 is 1.09 bits per heavy atom. The molecule has 44 heavy (non-hydrogen) atoms. The van der Waals surface area contributed by atoms with E-state index in [-0.39, 0.29) is 45.5 Å². The summed E-state index contributed by atoms with van der Waals surface area (Å²) in [6.07, 6.45) is -3.60. The summed E-state index contributed by atoms with van der Waals surface area (Å²) in [6, 6.07) is 13.4. The van der Waals surface area contributed by atoms with Crippen LogP contribution >= 0.6 is 11.8 Å². The van der Waals surface area contributed by atoms with Gasteiger partial charge in [0.1, 0.15) is 23.6 Å². The van der Waals surface area contributed by atoms with Crippen molar-refractivity contribution in [2.45, 2.75) is 26.1 Å². The monoisotopic (exact) mass is 628 g/mol. The van der Waals surface area contributed by atoms with Crippen LogP contribution in [0.15, 0.2) is 72.0 Å². The first-order valence-electron chi connectivity index (χ1n) is 13.0. The number of nitrogens with zero attached hydrogens (tertiary/aromatic N) is 5. The quantitative estimate of drug-likeness (QED) is 0.225. The number of rotatable bonds is 7. The van der Waals surface area contributed by atoms with Crippen LogP contribution in [0.2, 0.25) is 0 Å². The van der Waals surface area contributed by atoms with E-state index in [4.69, 9.17) is 4.74 Å². The molecule has 15 heteroatoms. The molecule has 4 aromatic rings. The number of amides is 3. The molecule has 0 radical (unpaired) electrons. The summed E-state index contributed by atoms with van der Waals surface area (Å²) in [7, 11) is 1.51. The van der Waals surface area contributed by atoms with Crippen molar-refractivity contribution in [2.75, 3.05) is 23.1 Å². The number of carbonyl (C=O) groups excluding carboxylic acids is 2. The van der Waals surface area contributed by atoms with Gasteiger partial charge in [-0.15, -0.1) is 18.3 Å². The Balaban J connectivity index is 1.33. The first-order chi connectivity index (χ1) is 20.9. The van der Waals surface area contributed by atoms with Crippen molar-refractivity contribution in [1.29, 1.82) is 0 Å². The summed E-state index contributed by atoms with van der Waals surface area (Å²) < 4.78 is 63.2. The van der Waals surface area contributed by atoms with Crippen LogP contribution in [0.5, 0.6) is 11.5 Å². The lowest BCUT2D eigenvalue weighted by Gasteiger charge is -2.22. The number of alkyl halides is 3. The Kier molecular flexibility index (Phi) is 8.58. The maximum Gasteiger partial charge on any atom is 0.573 e. The van der Waals surface area contributed by atoms with Gasteiger partial charge >= 0.3 is 12.4 Å². The number of hydrogen-bond acceptors (Lipinski definition) is 7. The van der Waals surface area contributed by atoms with Crippen molar-refractivity contribution in [3.8, 4) is 28.6 Å². The van der Waals surface area contributed by atoms with Gasteiger partial charge in [-0.2, -0.15) is 4.99 Å². The van der Waals surface area contributed by atoms with Crippen molar-refractivity contribution in [2.24, 2.45) is 4.99 Å². The molecular formula is C29H24F4N6O4S. The third-order valence-corrected chi connectivity index (χ3v) is 7.26. The number of halogens is 4. The van der Waals surface area contributed by atoms with E-state index in [1.807, 2.05) is 19.9 Å². The van der Waals surface area contributed by atoms with E-state index in [1.165, 1.54) is 47.3 Å². The molecule has 0 aliphatic carbocycles. The van der Waals surface area contributed by atoms with Crippen LogP contribution in [-0.4, -0.2) is 51.1 Å². The van der Waals surface area contributed by atoms with E-state index in [1.54, 1.807) is 12.1 Å². The summed E-state index contributed by atoms with van der Waals surface area (Å²) >= 11 is 1.08. The zero-order valence-corrected chi connectivity index (χ0v) is 24.2. The molecule has 0 atom stereocenters. The Morgan fingerprint density at radius 2 is 1.89 bits per heavy atom. The SMILES string of the molecule is COc1ccc(C(C)C)c(N2C(=O)CSC2=NC(=O)Nc2ccc(-c3ncn(-c4cccc(OC(F)(F)F)c4)n3)cc2F)c1. The number of amidine groups is 1. The number of anilines is 2. The lowest BCUT2D eigenvalue weighted by Crippen LogP contribution is -2.31. The number of aliphatic imine (C=N–C) groups is 1. The van der Waals surface area contributed by atoms with Crippen molar-refractivity contribution < 1.29 is 36.6 Å². The minimum absolute atomic E-state index is 0.0615. The maximum atomic E-state index is 15.0. The highest BCUT2D eigenvalue weighted by Crippen LogP contribution is 2.36. The van der Waals surface area contributed by atoms with Crippen LogP contribution in [-0.2, 0) is 4.79 Å². The maximum absolute atomic E-state index is 15.0. The number of carbonyl (C=O) groups is 2. The molecule has 5 rings (SSSR count). The fraction of sp³-hybridized carbons (Fsp3) is 0.207. The lowest BCUT2D eigenvalue weighted by molar-refractivity contribution is -0.274. The number of ether oxygens (including phenoxy) is 2. The van der Waals surface area contributed by atoms with E-state index in [9.17, 15) is 22.8 Å². The van der Waals surface area contributed by atoms with Crippen molar-refractivity contribution in [1.82, 2.24) is 14.8 Å². The second-order valence-corrected chi connectivity index (χ2v) is 10.6. The second kappa shape index (κ2) is 12.4. The molecule has 1 saturated heterocycles. The molecule has 1 aromatic heterocycles. The molecule has 1 aliphatic rings. The van der Waals surface area contributed by atoms with Gasteiger partial charge in [0.05, 0.1) is 29.9 Å². The van der Waals surface area contributed by atoms with Crippen LogP contribution in [0.25, 0.3) is 17.1 Å². The van der Waals surface area contributed by atoms with Crippen molar-refractivity contribution in [3.05, 3.63) is 78.4 Å². The Bertz CT molecular complexity index is 1760. The predicted octanol–water partition coefficient (Wildman–Crippen LogP) is 6.77. The molecule has 2 heterocycles. The van der Waals surface area contributed by atoms with E-state index in [2.05, 4.69) is 25.1 Å². The van der Waals surface area contributed by atoms with Gasteiger partial charge in [-0.25, -0.2) is 18.9 Å². The Morgan fingerprint density at radius 3 is 2.59 bits per heavy atom. The third-order valence-electron chi connectivity index (χ3n) is 6.34. The number of thioether (sulfide) groups is 1. The average molecular weight is 629 g/mol. The van der Waals surface area contributed by atoms with Crippen LogP contribution in [0.4, 0.5) is 33.7 Å². The highest BCUT2D eigenvalue weighted by atomic mass is 32.2. The molecule has 228 valence electrons. The predicted molar refractivity (Wildman–Crippen MR) is 157 cm³/mol. The van der Waals surface area contributed by atoms with Gasteiger partial charge < -0.3 is 14.8 Å². The molecule has 0 bridgehead atoms. The minimum atomic E-state index is -4.85. The topological polar surface area (TPSA) is 111 Å². The molecule has 3 aromatic carbocycles. The van der Waals surface area contributed by atoms with Crippen molar-refractivity contribution in [3.63, 3.8) is 0 Å². The normalized spacial score (nSPS) is 14.4. The zero-order valence-electron chi connectivity index (χ0n) is 23.4. The van der Waals surface area contributed by atoms with E-state index in [0.29, 0.717) is 11.4 Å². The summed E-state index contributed by atoms with van der Waals surface area (Å²) in [5.74, 6) is -0.763. The molecule has 3 amide bonds. The van der Waals surface area contributed by atoms with Crippen LogP contribution in [0, 0.1) is 5.82 Å². The van der Waals surface area contributed by atoms with Gasteiger partial charge in [-0.1, -0.05) is 37.7 Å². The molecular weight excluding hydrogens is 604 g/mol. The van der Waals surface area contributed by atoms with Crippen LogP contribution < -0.4 is 19.7 Å². The Hall–Kier alpha value is -4.92. The van der Waals surface area contributed by atoms with Gasteiger partial charge in [-0.05, 0) is 47.9 Å². The summed E-state index contributed by atoms with van der Waals surface area (Å²) in [5.41, 5.74) is 1.71. The molecule has 1 N–H and O–H groups in total. The second-order valence-electron chi connectivity index (χ2n) is 9.67. The number of methoxy groups -OCH3 is 1. The van der Waals surface area contributed by atoms with E-state index >= 15 is 4.39 Å². The molecule has 0 unspecified atom stereocenters. The van der Waals surface area contributed by atoms with Gasteiger partial charge in [0.25, 0.3) is 0 Å². The largest absolute Gasteiger partial charge is 0.573 e. The summed E-state index contributed by atoms with van der Waals surface area (Å²) in [5, 5.41) is 6.74. The number of benzene rings is 3. The molecule has 10 nitrogen and oxygen atoms in total. The summed E-state index contributed by atoms with van der Waals surface area (Å²) in [6.45, 7) is 3.94. The van der Waals surface area contributed by atoms with Gasteiger partial charge in [0.2, 0.25) is 5.91 Å². The fourth-order valence-corrected chi connectivity index (χ4v) is 5.20. The summed E-state index contributed by atoms with van der Waals surface area (Å²) in [4.78, 5) is 35.1. The van der Waals surface area contributed by atoms with E-state index < -0.39 is 24.0 Å². The van der Waals surface area contributed by atoms with Crippen LogP contribution in [0.3, 0.4) is 0 Å². The van der Waals surface area contributed by atoms with E-state index in [0.717, 1.165) is 35.5 Å². The molecule has 0 saturated carbocycles. The Labute approximate surface area is 252 Å². The number of nitrogens with one attached hydrogen (secondary N) is 1. The highest BCUT2D eigenvalue weighted by Gasteiger charge is 2.33. The van der Waals surface area contributed by atoms with Gasteiger partial charge in [0.15, 0.2) is 11.0 Å². The van der Waals surface area contributed by atoms with Crippen LogP contribution in [0.1, 0.15) is 25.3 Å². The van der Waals surface area contributed by atoms with Gasteiger partial charge in [0, 0.05) is 17.7 Å². The highest BCUT2D eigenvalue weighted by molar-refractivity contribution is 8.15. The molecule has 1 fully saturated rings. The van der Waals surface area contributed by atoms with Gasteiger partial charge in [-0.3, -0.25) is 9.69 Å². The molecule has 1 aliphatic heterocycles. The van der Waals surface area contributed by atoms with Crippen molar-refractivity contribution >= 4 is 40.2 Å². The zero-order chi connectivity index (χ0) is 31.6.